The topological polar surface area (TPSA) is 140 Å². The molecular formula is C26H32O9. The lowest BCUT2D eigenvalue weighted by Crippen LogP contribution is -2.69. The van der Waals surface area contributed by atoms with Gasteiger partial charge in [0.1, 0.15) is 0 Å². The molecule has 1 saturated carbocycles. The minimum absolute atomic E-state index is 0.108. The fraction of sp³-hybridized carbons (Fsp3) is 0.654. The molecule has 0 radical (unpaired) electrons. The van der Waals surface area contributed by atoms with Gasteiger partial charge in [-0.05, 0) is 43.9 Å². The van der Waals surface area contributed by atoms with Gasteiger partial charge in [-0.15, -0.1) is 0 Å². The summed E-state index contributed by atoms with van der Waals surface area (Å²) in [6.45, 7) is 7.06. The number of rotatable bonds is 3. The maximum Gasteiger partial charge on any atom is 0.344 e. The van der Waals surface area contributed by atoms with Crippen molar-refractivity contribution >= 4 is 17.7 Å². The molecule has 5 aliphatic rings. The summed E-state index contributed by atoms with van der Waals surface area (Å²) in [5.74, 6) is -3.38. The molecule has 2 aliphatic heterocycles. The summed E-state index contributed by atoms with van der Waals surface area (Å²) < 4.78 is 16.4. The number of ether oxygens (including phenoxy) is 3. The van der Waals surface area contributed by atoms with Crippen LogP contribution < -0.4 is 0 Å². The number of ketones is 1. The third-order valence-corrected chi connectivity index (χ3v) is 9.53. The van der Waals surface area contributed by atoms with Gasteiger partial charge in [0, 0.05) is 28.2 Å². The van der Waals surface area contributed by atoms with Crippen LogP contribution in [-0.4, -0.2) is 70.2 Å². The molecule has 1 saturated heterocycles. The molecule has 2 heterocycles. The van der Waals surface area contributed by atoms with Crippen LogP contribution >= 0.6 is 0 Å². The van der Waals surface area contributed by atoms with Crippen LogP contribution in [0.2, 0.25) is 0 Å². The Labute approximate surface area is 203 Å². The summed E-state index contributed by atoms with van der Waals surface area (Å²) in [5.41, 5.74) is -1.57. The predicted molar refractivity (Wildman–Crippen MR) is 120 cm³/mol. The molecule has 3 aliphatic carbocycles. The van der Waals surface area contributed by atoms with E-state index in [1.807, 2.05) is 13.8 Å². The molecule has 9 nitrogen and oxygen atoms in total. The third-order valence-electron chi connectivity index (χ3n) is 9.53. The van der Waals surface area contributed by atoms with Crippen LogP contribution in [0.3, 0.4) is 0 Å². The molecule has 0 spiro atoms. The van der Waals surface area contributed by atoms with Crippen molar-refractivity contribution in [2.24, 2.45) is 28.6 Å². The Kier molecular flexibility index (Phi) is 5.28. The van der Waals surface area contributed by atoms with E-state index in [1.165, 1.54) is 25.5 Å². The molecule has 1 unspecified atom stereocenters. The van der Waals surface area contributed by atoms with Crippen molar-refractivity contribution in [1.82, 2.24) is 0 Å². The molecule has 5 rings (SSSR count). The molecule has 10 atom stereocenters. The SMILES string of the molecule is COC(=O)C[C@H]1[C@]2(C)C3=C(C)[C@H](C4=COC(=O)C4O)C[C@@H]3O[C@@H]2[C@H](O)[C@@H]2[C@]1(C)C(=O)C=C[C@@]2(C)O. The predicted octanol–water partition coefficient (Wildman–Crippen LogP) is 0.964. The van der Waals surface area contributed by atoms with E-state index in [-0.39, 0.29) is 18.1 Å². The van der Waals surface area contributed by atoms with E-state index in [0.717, 1.165) is 11.1 Å². The Morgan fingerprint density at radius 3 is 2.49 bits per heavy atom. The summed E-state index contributed by atoms with van der Waals surface area (Å²) in [6, 6.07) is 0. The van der Waals surface area contributed by atoms with Crippen molar-refractivity contribution in [2.45, 2.75) is 70.6 Å². The molecule has 0 bridgehead atoms. The third kappa shape index (κ3) is 2.98. The minimum atomic E-state index is -1.50. The number of aliphatic hydroxyl groups excluding tert-OH is 2. The molecule has 0 amide bonds. The Morgan fingerprint density at radius 2 is 1.89 bits per heavy atom. The van der Waals surface area contributed by atoms with Crippen molar-refractivity contribution in [3.8, 4) is 0 Å². The van der Waals surface area contributed by atoms with E-state index in [4.69, 9.17) is 14.2 Å². The first-order valence-electron chi connectivity index (χ1n) is 12.0. The quantitative estimate of drug-likeness (QED) is 0.391. The Morgan fingerprint density at radius 1 is 1.20 bits per heavy atom. The number of hydrogen-bond donors (Lipinski definition) is 3. The van der Waals surface area contributed by atoms with E-state index in [2.05, 4.69) is 0 Å². The number of aliphatic hydroxyl groups is 3. The summed E-state index contributed by atoms with van der Waals surface area (Å²) in [4.78, 5) is 38.0. The lowest BCUT2D eigenvalue weighted by molar-refractivity contribution is -0.222. The van der Waals surface area contributed by atoms with E-state index in [0.29, 0.717) is 12.0 Å². The standard InChI is InChI=1S/C26H32O9/c1-11-12(13-10-34-23(31)19(13)29)8-14-18(11)26(4)15(9-17(28)33-5)25(3)16(27)6-7-24(2,32)21(25)20(30)22(26)35-14/h6-7,10,12,14-15,19-22,29-30,32H,8-9H2,1-5H3/t12-,14+,15-,19?,20-,21+,22-,24-,25+,26-/m1/s1. The van der Waals surface area contributed by atoms with Gasteiger partial charge in [0.2, 0.25) is 0 Å². The number of methoxy groups -OCH3 is 1. The zero-order chi connectivity index (χ0) is 25.7. The lowest BCUT2D eigenvalue weighted by atomic mass is 9.43. The summed E-state index contributed by atoms with van der Waals surface area (Å²) in [5, 5.41) is 33.2. The number of esters is 2. The van der Waals surface area contributed by atoms with Gasteiger partial charge in [0.25, 0.3) is 0 Å². The number of fused-ring (bicyclic) bond motifs is 4. The molecule has 0 aromatic heterocycles. The number of cyclic esters (lactones) is 1. The van der Waals surface area contributed by atoms with Gasteiger partial charge in [0.15, 0.2) is 11.9 Å². The number of hydrogen-bond acceptors (Lipinski definition) is 9. The van der Waals surface area contributed by atoms with Crippen molar-refractivity contribution in [3.63, 3.8) is 0 Å². The molecule has 190 valence electrons. The Balaban J connectivity index is 1.69. The molecule has 0 aromatic carbocycles. The second kappa shape index (κ2) is 7.59. The van der Waals surface area contributed by atoms with E-state index in [1.54, 1.807) is 13.8 Å². The fourth-order valence-corrected chi connectivity index (χ4v) is 8.04. The Hall–Kier alpha value is -2.33. The van der Waals surface area contributed by atoms with Crippen LogP contribution in [-0.2, 0) is 28.6 Å². The molecule has 0 aromatic rings. The van der Waals surface area contributed by atoms with Crippen molar-refractivity contribution < 1.29 is 43.9 Å². The molecule has 2 fully saturated rings. The van der Waals surface area contributed by atoms with Crippen LogP contribution in [0.5, 0.6) is 0 Å². The maximum atomic E-state index is 13.5. The average molecular weight is 489 g/mol. The summed E-state index contributed by atoms with van der Waals surface area (Å²) in [7, 11) is 1.29. The van der Waals surface area contributed by atoms with Crippen molar-refractivity contribution in [1.29, 1.82) is 0 Å². The first-order chi connectivity index (χ1) is 16.3. The highest BCUT2D eigenvalue weighted by Gasteiger charge is 2.73. The van der Waals surface area contributed by atoms with E-state index >= 15 is 0 Å². The second-order valence-electron chi connectivity index (χ2n) is 11.2. The van der Waals surface area contributed by atoms with Gasteiger partial charge >= 0.3 is 11.9 Å². The lowest BCUT2D eigenvalue weighted by Gasteiger charge is -2.61. The highest BCUT2D eigenvalue weighted by molar-refractivity contribution is 5.97. The largest absolute Gasteiger partial charge is 0.469 e. The van der Waals surface area contributed by atoms with Gasteiger partial charge in [-0.25, -0.2) is 4.79 Å². The van der Waals surface area contributed by atoms with Crippen LogP contribution in [0, 0.1) is 28.6 Å². The maximum absolute atomic E-state index is 13.5. The first-order valence-corrected chi connectivity index (χ1v) is 12.0. The van der Waals surface area contributed by atoms with Crippen molar-refractivity contribution in [3.05, 3.63) is 35.1 Å². The van der Waals surface area contributed by atoms with Crippen LogP contribution in [0.25, 0.3) is 0 Å². The van der Waals surface area contributed by atoms with Gasteiger partial charge in [0.05, 0.1) is 43.7 Å². The minimum Gasteiger partial charge on any atom is -0.469 e. The number of carbonyl (C=O) groups excluding carboxylic acids is 3. The molecule has 9 heteroatoms. The summed E-state index contributed by atoms with van der Waals surface area (Å²) in [6.07, 6.45) is 0.570. The first kappa shape index (κ1) is 24.4. The van der Waals surface area contributed by atoms with Crippen LogP contribution in [0.15, 0.2) is 35.1 Å². The van der Waals surface area contributed by atoms with Crippen LogP contribution in [0.1, 0.15) is 40.5 Å². The summed E-state index contributed by atoms with van der Waals surface area (Å²) >= 11 is 0. The van der Waals surface area contributed by atoms with E-state index < -0.39 is 64.6 Å². The molecule has 3 N–H and O–H groups in total. The van der Waals surface area contributed by atoms with Gasteiger partial charge < -0.3 is 29.5 Å². The normalized spacial score (nSPS) is 48.3. The monoisotopic (exact) mass is 488 g/mol. The smallest absolute Gasteiger partial charge is 0.344 e. The Bertz CT molecular complexity index is 1100. The van der Waals surface area contributed by atoms with Crippen LogP contribution in [0.4, 0.5) is 0 Å². The van der Waals surface area contributed by atoms with E-state index in [9.17, 15) is 29.7 Å². The van der Waals surface area contributed by atoms with Gasteiger partial charge in [-0.3, -0.25) is 9.59 Å². The zero-order valence-electron chi connectivity index (χ0n) is 20.5. The van der Waals surface area contributed by atoms with Gasteiger partial charge in [-0.1, -0.05) is 19.4 Å². The highest BCUT2D eigenvalue weighted by atomic mass is 16.6. The number of carbonyl (C=O) groups is 3. The average Bonchev–Trinajstić information content (AvgIpc) is 3.40. The highest BCUT2D eigenvalue weighted by Crippen LogP contribution is 2.68. The van der Waals surface area contributed by atoms with Crippen molar-refractivity contribution in [2.75, 3.05) is 7.11 Å². The fourth-order valence-electron chi connectivity index (χ4n) is 8.04. The molecular weight excluding hydrogens is 456 g/mol. The van der Waals surface area contributed by atoms with Gasteiger partial charge in [-0.2, -0.15) is 0 Å². The molecule has 35 heavy (non-hydrogen) atoms. The number of allylic oxidation sites excluding steroid dienone is 2. The zero-order valence-corrected chi connectivity index (χ0v) is 20.5. The second-order valence-corrected chi connectivity index (χ2v) is 11.2.